The van der Waals surface area contributed by atoms with Crippen molar-refractivity contribution >= 4 is 5.82 Å². The fraction of sp³-hybridized carbons (Fsp3) is 0.647. The largest absolute Gasteiger partial charge is 0.367 e. The summed E-state index contributed by atoms with van der Waals surface area (Å²) in [6.07, 6.45) is 8.40. The summed E-state index contributed by atoms with van der Waals surface area (Å²) in [5, 5.41) is 12.8. The van der Waals surface area contributed by atoms with E-state index in [1.807, 2.05) is 0 Å². The van der Waals surface area contributed by atoms with Gasteiger partial charge in [0.15, 0.2) is 0 Å². The third-order valence-corrected chi connectivity index (χ3v) is 4.85. The van der Waals surface area contributed by atoms with Crippen molar-refractivity contribution < 1.29 is 0 Å². The first kappa shape index (κ1) is 14.3. The predicted molar refractivity (Wildman–Crippen MR) is 84.4 cm³/mol. The van der Waals surface area contributed by atoms with Gasteiger partial charge in [-0.05, 0) is 63.7 Å². The van der Waals surface area contributed by atoms with Crippen LogP contribution in [0, 0.1) is 11.3 Å². The number of pyridine rings is 1. The molecule has 4 nitrogen and oxygen atoms in total. The second-order valence-electron chi connectivity index (χ2n) is 6.32. The van der Waals surface area contributed by atoms with E-state index in [4.69, 9.17) is 4.98 Å². The Kier molecular flexibility index (Phi) is 4.40. The van der Waals surface area contributed by atoms with Gasteiger partial charge in [-0.2, -0.15) is 5.26 Å². The fourth-order valence-electron chi connectivity index (χ4n) is 3.47. The topological polar surface area (TPSA) is 52.0 Å². The lowest BCUT2D eigenvalue weighted by Gasteiger charge is -2.32. The summed E-state index contributed by atoms with van der Waals surface area (Å²) in [5.74, 6) is 0.789. The van der Waals surface area contributed by atoms with Gasteiger partial charge in [-0.15, -0.1) is 0 Å². The molecular weight excluding hydrogens is 260 g/mol. The maximum Gasteiger partial charge on any atom is 0.144 e. The zero-order valence-corrected chi connectivity index (χ0v) is 12.9. The van der Waals surface area contributed by atoms with E-state index in [-0.39, 0.29) is 0 Å². The lowest BCUT2D eigenvalue weighted by molar-refractivity contribution is 0.194. The minimum absolute atomic E-state index is 0.558. The second-order valence-corrected chi connectivity index (χ2v) is 6.32. The summed E-state index contributed by atoms with van der Waals surface area (Å²) in [4.78, 5) is 7.16. The molecule has 1 fully saturated rings. The molecule has 0 spiro atoms. The number of piperidine rings is 1. The van der Waals surface area contributed by atoms with Crippen LogP contribution in [0.15, 0.2) is 6.07 Å². The van der Waals surface area contributed by atoms with Gasteiger partial charge in [0.1, 0.15) is 11.9 Å². The van der Waals surface area contributed by atoms with E-state index in [1.165, 1.54) is 49.9 Å². The molecule has 0 radical (unpaired) electrons. The molecular formula is C17H24N4. The molecule has 21 heavy (non-hydrogen) atoms. The van der Waals surface area contributed by atoms with Crippen molar-refractivity contribution in [3.8, 4) is 6.07 Å². The molecule has 1 atom stereocenters. The lowest BCUT2D eigenvalue weighted by atomic mass is 9.95. The minimum atomic E-state index is 0.558. The summed E-state index contributed by atoms with van der Waals surface area (Å²) < 4.78 is 0. The van der Waals surface area contributed by atoms with Gasteiger partial charge in [-0.3, -0.25) is 0 Å². The molecule has 3 rings (SSSR count). The average Bonchev–Trinajstić information content (AvgIpc) is 2.53. The Labute approximate surface area is 127 Å². The van der Waals surface area contributed by atoms with Crippen molar-refractivity contribution in [1.82, 2.24) is 9.88 Å². The van der Waals surface area contributed by atoms with E-state index < -0.39 is 0 Å². The normalized spacial score (nSPS) is 22.4. The Morgan fingerprint density at radius 2 is 2.19 bits per heavy atom. The van der Waals surface area contributed by atoms with Gasteiger partial charge in [0.2, 0.25) is 0 Å². The van der Waals surface area contributed by atoms with E-state index in [9.17, 15) is 5.26 Å². The molecule has 0 aromatic carbocycles. The Morgan fingerprint density at radius 3 is 3.00 bits per heavy atom. The van der Waals surface area contributed by atoms with Gasteiger partial charge in [0, 0.05) is 18.3 Å². The molecule has 1 aromatic rings. The third kappa shape index (κ3) is 3.19. The SMILES string of the molecule is CN1CCCCC1CNc1nc2c(cc1C#N)CCCC2. The third-order valence-electron chi connectivity index (χ3n) is 4.85. The fourth-order valence-corrected chi connectivity index (χ4v) is 3.47. The molecule has 2 heterocycles. The van der Waals surface area contributed by atoms with Gasteiger partial charge in [-0.1, -0.05) is 6.42 Å². The molecule has 1 aliphatic carbocycles. The van der Waals surface area contributed by atoms with Crippen LogP contribution in [0.25, 0.3) is 0 Å². The number of fused-ring (bicyclic) bond motifs is 1. The number of rotatable bonds is 3. The minimum Gasteiger partial charge on any atom is -0.367 e. The van der Waals surface area contributed by atoms with E-state index in [1.54, 1.807) is 0 Å². The van der Waals surface area contributed by atoms with Crippen LogP contribution in [-0.2, 0) is 12.8 Å². The number of nitrogens with zero attached hydrogens (tertiary/aromatic N) is 3. The van der Waals surface area contributed by atoms with Gasteiger partial charge in [-0.25, -0.2) is 4.98 Å². The van der Waals surface area contributed by atoms with Crippen molar-refractivity contribution in [3.05, 3.63) is 22.9 Å². The summed E-state index contributed by atoms with van der Waals surface area (Å²) >= 11 is 0. The van der Waals surface area contributed by atoms with Crippen molar-refractivity contribution in [2.24, 2.45) is 0 Å². The first-order valence-electron chi connectivity index (χ1n) is 8.15. The number of likely N-dealkylation sites (tertiary alicyclic amines) is 1. The molecule has 4 heteroatoms. The van der Waals surface area contributed by atoms with Crippen LogP contribution >= 0.6 is 0 Å². The van der Waals surface area contributed by atoms with Crippen LogP contribution < -0.4 is 5.32 Å². The summed E-state index contributed by atoms with van der Waals surface area (Å²) in [6, 6.07) is 4.91. The van der Waals surface area contributed by atoms with Gasteiger partial charge in [0.25, 0.3) is 0 Å². The Hall–Kier alpha value is -1.60. The van der Waals surface area contributed by atoms with Crippen LogP contribution in [-0.4, -0.2) is 36.1 Å². The Balaban J connectivity index is 1.73. The van der Waals surface area contributed by atoms with Crippen molar-refractivity contribution in [2.75, 3.05) is 25.5 Å². The van der Waals surface area contributed by atoms with Crippen molar-refractivity contribution in [3.63, 3.8) is 0 Å². The van der Waals surface area contributed by atoms with Crippen LogP contribution in [0.3, 0.4) is 0 Å². The number of aryl methyl sites for hydroxylation is 2. The van der Waals surface area contributed by atoms with Crippen LogP contribution in [0.4, 0.5) is 5.82 Å². The summed E-state index contributed by atoms with van der Waals surface area (Å²) in [6.45, 7) is 2.06. The number of nitrogens with one attached hydrogen (secondary N) is 1. The monoisotopic (exact) mass is 284 g/mol. The number of aromatic nitrogens is 1. The molecule has 1 unspecified atom stereocenters. The van der Waals surface area contributed by atoms with Crippen LogP contribution in [0.5, 0.6) is 0 Å². The highest BCUT2D eigenvalue weighted by Gasteiger charge is 2.20. The zero-order chi connectivity index (χ0) is 14.7. The van der Waals surface area contributed by atoms with E-state index in [0.29, 0.717) is 11.6 Å². The molecule has 1 aromatic heterocycles. The molecule has 0 bridgehead atoms. The van der Waals surface area contributed by atoms with E-state index in [2.05, 4.69) is 29.4 Å². The van der Waals surface area contributed by atoms with Crippen molar-refractivity contribution in [1.29, 1.82) is 5.26 Å². The lowest BCUT2D eigenvalue weighted by Crippen LogP contribution is -2.41. The van der Waals surface area contributed by atoms with E-state index >= 15 is 0 Å². The molecule has 2 aliphatic rings. The number of likely N-dealkylation sites (N-methyl/N-ethyl adjacent to an activating group) is 1. The standard InChI is InChI=1S/C17H24N4/c1-21-9-5-4-7-15(21)12-19-17-14(11-18)10-13-6-2-3-8-16(13)20-17/h10,15H,2-9,12H2,1H3,(H,19,20). The number of hydrogen-bond acceptors (Lipinski definition) is 4. The quantitative estimate of drug-likeness (QED) is 0.927. The summed E-state index contributed by atoms with van der Waals surface area (Å²) in [5.41, 5.74) is 3.17. The van der Waals surface area contributed by atoms with Gasteiger partial charge in [0.05, 0.1) is 5.56 Å². The Bertz CT molecular complexity index is 546. The van der Waals surface area contributed by atoms with Crippen LogP contribution in [0.1, 0.15) is 48.9 Å². The molecule has 1 N–H and O–H groups in total. The predicted octanol–water partition coefficient (Wildman–Crippen LogP) is 2.73. The van der Waals surface area contributed by atoms with Gasteiger partial charge < -0.3 is 10.2 Å². The first-order chi connectivity index (χ1) is 10.3. The highest BCUT2D eigenvalue weighted by molar-refractivity contribution is 5.54. The van der Waals surface area contributed by atoms with E-state index in [0.717, 1.165) is 25.2 Å². The average molecular weight is 284 g/mol. The molecule has 0 amide bonds. The second kappa shape index (κ2) is 6.44. The maximum atomic E-state index is 9.37. The molecule has 1 aliphatic heterocycles. The molecule has 1 saturated heterocycles. The van der Waals surface area contributed by atoms with Crippen molar-refractivity contribution in [2.45, 2.75) is 51.0 Å². The first-order valence-corrected chi connectivity index (χ1v) is 8.15. The summed E-state index contributed by atoms with van der Waals surface area (Å²) in [7, 11) is 2.19. The number of nitriles is 1. The highest BCUT2D eigenvalue weighted by atomic mass is 15.2. The smallest absolute Gasteiger partial charge is 0.144 e. The highest BCUT2D eigenvalue weighted by Crippen LogP contribution is 2.25. The number of hydrogen-bond donors (Lipinski definition) is 1. The van der Waals surface area contributed by atoms with Crippen LogP contribution in [0.2, 0.25) is 0 Å². The maximum absolute atomic E-state index is 9.37. The molecule has 0 saturated carbocycles. The zero-order valence-electron chi connectivity index (χ0n) is 12.9. The number of anilines is 1. The Morgan fingerprint density at radius 1 is 1.33 bits per heavy atom. The van der Waals surface area contributed by atoms with Gasteiger partial charge >= 0.3 is 0 Å². The molecule has 112 valence electrons.